The molecule has 0 saturated heterocycles. The van der Waals surface area contributed by atoms with Crippen LogP contribution in [0.15, 0.2) is 82.8 Å². The van der Waals surface area contributed by atoms with Gasteiger partial charge in [0, 0.05) is 0 Å². The van der Waals surface area contributed by atoms with Gasteiger partial charge in [-0.1, -0.05) is 0 Å². The Hall–Kier alpha value is -2.48. The molecule has 6 rings (SSSR count). The topological polar surface area (TPSA) is 0 Å². The van der Waals surface area contributed by atoms with E-state index in [-0.39, 0.29) is 24.8 Å². The molecule has 0 bridgehead atoms. The van der Waals surface area contributed by atoms with E-state index in [1.807, 2.05) is 0 Å². The molecule has 0 atom stereocenters. The quantitative estimate of drug-likeness (QED) is 0.290. The van der Waals surface area contributed by atoms with Gasteiger partial charge in [0.05, 0.1) is 0 Å². The van der Waals surface area contributed by atoms with E-state index in [4.69, 9.17) is 0 Å². The second kappa shape index (κ2) is 12.6. The number of fused-ring (bicyclic) bond motifs is 3. The second-order valence-electron chi connectivity index (χ2n) is 12.3. The zero-order chi connectivity index (χ0) is 28.3. The van der Waals surface area contributed by atoms with Gasteiger partial charge in [0.15, 0.2) is 0 Å². The summed E-state index contributed by atoms with van der Waals surface area (Å²) in [5.41, 5.74) is 19.5. The first-order chi connectivity index (χ1) is 19.1. The molecule has 0 spiro atoms. The third-order valence-corrected chi connectivity index (χ3v) is 14.1. The second-order valence-corrected chi connectivity index (χ2v) is 17.1. The standard InChI is InChI=1S/C31H29.C5H5.C3H6.2ClH.Ti/c1-18-11-20(3)30(21(4)12-18)26-9-7-24-15-25-8-10-27(17-29(25)28(24)16-26)31-22(5)13-19(2)14-23(31)6;1-2-4-5-3-1;1-3-2;;;/h7-17H,1-6H3;1-3H,4H2;1-2H3;2*1H;/q;;;;;+2/p-2. The predicted octanol–water partition coefficient (Wildman–Crippen LogP) is 4.62. The van der Waals surface area contributed by atoms with Gasteiger partial charge in [-0.05, 0) is 0 Å². The SMILES string of the molecule is C[C](C)=[Ti+2]([C]1=CC=CC1)[CH]1c2ccc(-c3c(C)cc(C)cc3C)cc2-c2cc(-c3c(C)cc(C)cc3C)ccc21.[Cl-].[Cl-]. The van der Waals surface area contributed by atoms with Crippen LogP contribution in [0.3, 0.4) is 0 Å². The van der Waals surface area contributed by atoms with Crippen molar-refractivity contribution in [2.45, 2.75) is 66.0 Å². The largest absolute Gasteiger partial charge is 1.00 e. The van der Waals surface area contributed by atoms with Crippen LogP contribution in [0.1, 0.15) is 69.0 Å². The summed E-state index contributed by atoms with van der Waals surface area (Å²) in [6.07, 6.45) is 8.18. The van der Waals surface area contributed by atoms with Crippen LogP contribution in [-0.2, 0) is 17.4 Å². The Labute approximate surface area is 271 Å². The molecule has 0 amide bonds. The minimum atomic E-state index is -1.76. The third-order valence-electron chi connectivity index (χ3n) is 8.89. The van der Waals surface area contributed by atoms with Crippen molar-refractivity contribution in [3.05, 3.63) is 127 Å². The number of hydrogen-bond acceptors (Lipinski definition) is 0. The van der Waals surface area contributed by atoms with E-state index in [0.29, 0.717) is 4.22 Å². The van der Waals surface area contributed by atoms with E-state index in [1.165, 1.54) is 66.8 Å². The van der Waals surface area contributed by atoms with Crippen LogP contribution in [0.4, 0.5) is 0 Å². The van der Waals surface area contributed by atoms with Gasteiger partial charge in [0.2, 0.25) is 0 Å². The van der Waals surface area contributed by atoms with Crippen molar-refractivity contribution in [2.75, 3.05) is 0 Å². The van der Waals surface area contributed by atoms with Gasteiger partial charge >= 0.3 is 248 Å². The molecule has 4 aromatic rings. The minimum Gasteiger partial charge on any atom is -1.00 e. The van der Waals surface area contributed by atoms with Gasteiger partial charge in [-0.3, -0.25) is 0 Å². The molecule has 3 heteroatoms. The Morgan fingerprint density at radius 1 is 0.619 bits per heavy atom. The van der Waals surface area contributed by atoms with E-state index in [2.05, 4.69) is 134 Å². The van der Waals surface area contributed by atoms with Crippen molar-refractivity contribution in [3.63, 3.8) is 0 Å². The van der Waals surface area contributed by atoms with Gasteiger partial charge in [-0.15, -0.1) is 0 Å². The van der Waals surface area contributed by atoms with Gasteiger partial charge < -0.3 is 24.8 Å². The molecule has 0 fully saturated rings. The van der Waals surface area contributed by atoms with Crippen molar-refractivity contribution in [2.24, 2.45) is 0 Å². The zero-order valence-electron chi connectivity index (χ0n) is 26.0. The van der Waals surface area contributed by atoms with Crippen LogP contribution in [0, 0.1) is 41.5 Å². The molecule has 0 heterocycles. The summed E-state index contributed by atoms with van der Waals surface area (Å²) in [4.78, 5) is 0. The Kier molecular flexibility index (Phi) is 9.76. The van der Waals surface area contributed by atoms with E-state index in [9.17, 15) is 0 Å². The molecule has 2 aliphatic carbocycles. The first-order valence-corrected chi connectivity index (χ1v) is 17.1. The van der Waals surface area contributed by atoms with Gasteiger partial charge in [0.1, 0.15) is 0 Å². The molecule has 0 unspecified atom stereocenters. The smallest absolute Gasteiger partial charge is 1.00 e. The fraction of sp³-hybridized carbons (Fsp3) is 0.256. The molecule has 4 aromatic carbocycles. The molecule has 0 aliphatic heterocycles. The number of hydrogen-bond donors (Lipinski definition) is 0. The van der Waals surface area contributed by atoms with Crippen LogP contribution < -0.4 is 24.8 Å². The summed E-state index contributed by atoms with van der Waals surface area (Å²) >= 11 is -1.76. The van der Waals surface area contributed by atoms with E-state index >= 15 is 0 Å². The van der Waals surface area contributed by atoms with E-state index in [1.54, 1.807) is 18.8 Å². The van der Waals surface area contributed by atoms with E-state index < -0.39 is 17.4 Å². The Morgan fingerprint density at radius 2 is 1.05 bits per heavy atom. The Balaban J connectivity index is 0.00000202. The summed E-state index contributed by atoms with van der Waals surface area (Å²) in [5.74, 6) is 0. The summed E-state index contributed by atoms with van der Waals surface area (Å²) in [5, 5.41) is 0. The molecule has 0 aromatic heterocycles. The van der Waals surface area contributed by atoms with Crippen LogP contribution in [-0.4, -0.2) is 3.81 Å². The molecular formula is C39H40Cl2Ti. The molecule has 0 N–H and O–H groups in total. The summed E-state index contributed by atoms with van der Waals surface area (Å²) < 4.78 is 3.86. The maximum atomic E-state index is 2.51. The average molecular weight is 628 g/mol. The van der Waals surface area contributed by atoms with Gasteiger partial charge in [0.25, 0.3) is 0 Å². The van der Waals surface area contributed by atoms with Crippen molar-refractivity contribution < 1.29 is 42.2 Å². The molecule has 42 heavy (non-hydrogen) atoms. The molecule has 2 aliphatic rings. The summed E-state index contributed by atoms with van der Waals surface area (Å²) in [6.45, 7) is 18.2. The molecule has 0 nitrogen and oxygen atoms in total. The third kappa shape index (κ3) is 5.60. The van der Waals surface area contributed by atoms with Crippen molar-refractivity contribution in [1.82, 2.24) is 0 Å². The Bertz CT molecular complexity index is 1640. The molecule has 0 saturated carbocycles. The number of rotatable bonds is 4. The van der Waals surface area contributed by atoms with E-state index in [0.717, 1.165) is 6.42 Å². The van der Waals surface area contributed by atoms with Crippen molar-refractivity contribution in [3.8, 4) is 33.4 Å². The monoisotopic (exact) mass is 626 g/mol. The first-order valence-electron chi connectivity index (χ1n) is 14.6. The van der Waals surface area contributed by atoms with Crippen LogP contribution in [0.25, 0.3) is 33.4 Å². The van der Waals surface area contributed by atoms with Crippen molar-refractivity contribution >= 4 is 3.81 Å². The number of allylic oxidation sites excluding steroid dienone is 4. The summed E-state index contributed by atoms with van der Waals surface area (Å²) in [7, 11) is 0. The first kappa shape index (κ1) is 32.4. The fourth-order valence-electron chi connectivity index (χ4n) is 7.58. The molecular weight excluding hydrogens is 587 g/mol. The minimum absolute atomic E-state index is 0. The summed E-state index contributed by atoms with van der Waals surface area (Å²) in [6, 6.07) is 24.1. The van der Waals surface area contributed by atoms with Crippen molar-refractivity contribution in [1.29, 1.82) is 0 Å². The van der Waals surface area contributed by atoms with Gasteiger partial charge in [-0.25, -0.2) is 0 Å². The number of aryl methyl sites for hydroxylation is 6. The fourth-order valence-corrected chi connectivity index (χ4v) is 12.8. The predicted molar refractivity (Wildman–Crippen MR) is 171 cm³/mol. The number of benzene rings is 4. The molecule has 214 valence electrons. The maximum Gasteiger partial charge on any atom is -1.00 e. The zero-order valence-corrected chi connectivity index (χ0v) is 29.1. The van der Waals surface area contributed by atoms with Crippen LogP contribution in [0.5, 0.6) is 0 Å². The van der Waals surface area contributed by atoms with Crippen LogP contribution in [0.2, 0.25) is 0 Å². The van der Waals surface area contributed by atoms with Gasteiger partial charge in [-0.2, -0.15) is 0 Å². The van der Waals surface area contributed by atoms with Crippen LogP contribution >= 0.6 is 0 Å². The molecule has 0 radical (unpaired) electrons. The normalized spacial score (nSPS) is 13.0. The number of halogens is 2. The average Bonchev–Trinajstić information content (AvgIpc) is 3.50. The Morgan fingerprint density at radius 3 is 1.40 bits per heavy atom. The maximum absolute atomic E-state index is 2.51.